The normalized spacial score (nSPS) is 7.92. The summed E-state index contributed by atoms with van der Waals surface area (Å²) in [4.78, 5) is 12.7. The van der Waals surface area contributed by atoms with Crippen molar-refractivity contribution in [2.75, 3.05) is 0 Å². The van der Waals surface area contributed by atoms with Gasteiger partial charge in [-0.1, -0.05) is 11.6 Å². The van der Waals surface area contributed by atoms with Gasteiger partial charge in [0, 0.05) is 6.20 Å². The van der Waals surface area contributed by atoms with E-state index in [1.807, 2.05) is 12.1 Å². The van der Waals surface area contributed by atoms with Crippen molar-refractivity contribution in [1.82, 2.24) is 10.4 Å². The third-order valence-corrected chi connectivity index (χ3v) is 1.95. The van der Waals surface area contributed by atoms with Crippen LogP contribution in [0.3, 0.4) is 0 Å². The van der Waals surface area contributed by atoms with Crippen molar-refractivity contribution in [2.45, 2.75) is 0 Å². The number of rotatable bonds is 1. The average molecular weight is 252 g/mol. The molecule has 1 aromatic heterocycles. The Labute approximate surface area is 83.2 Å². The van der Waals surface area contributed by atoms with E-state index in [4.69, 9.17) is 16.4 Å². The Balaban J connectivity index is 0.000000261. The van der Waals surface area contributed by atoms with Crippen molar-refractivity contribution in [1.29, 1.82) is 0 Å². The zero-order valence-corrected chi connectivity index (χ0v) is 8.34. The van der Waals surface area contributed by atoms with Gasteiger partial charge in [0.15, 0.2) is 0 Å². The number of carbonyl (C=O) groups is 1. The van der Waals surface area contributed by atoms with Crippen LogP contribution in [0.4, 0.5) is 0 Å². The fourth-order valence-corrected chi connectivity index (χ4v) is 0.741. The molecule has 0 aromatic carbocycles. The van der Waals surface area contributed by atoms with Crippen LogP contribution in [0.1, 0.15) is 0 Å². The van der Waals surface area contributed by atoms with Gasteiger partial charge in [-0.15, -0.1) is 0 Å². The second-order valence-corrected chi connectivity index (χ2v) is 2.77. The number of hydrazine groups is 1. The minimum atomic E-state index is 0.403. The highest BCUT2D eigenvalue weighted by Crippen LogP contribution is 2.17. The molecule has 1 aromatic rings. The third-order valence-electron chi connectivity index (χ3n) is 0.782. The molecule has 0 aliphatic heterocycles. The van der Waals surface area contributed by atoms with Gasteiger partial charge in [-0.2, -0.15) is 0 Å². The van der Waals surface area contributed by atoms with Gasteiger partial charge >= 0.3 is 0 Å². The fraction of sp³-hybridized carbons (Fsp3) is 0. The maximum absolute atomic E-state index is 8.94. The van der Waals surface area contributed by atoms with Crippen molar-refractivity contribution in [2.24, 2.45) is 5.84 Å². The number of nitrogens with one attached hydrogen (secondary N) is 1. The summed E-state index contributed by atoms with van der Waals surface area (Å²) in [5, 5.41) is 0.507. The van der Waals surface area contributed by atoms with Crippen molar-refractivity contribution in [3.8, 4) is 0 Å². The molecule has 12 heavy (non-hydrogen) atoms. The fourth-order valence-electron chi connectivity index (χ4n) is 0.366. The van der Waals surface area contributed by atoms with Crippen molar-refractivity contribution >= 4 is 33.9 Å². The van der Waals surface area contributed by atoms with E-state index >= 15 is 0 Å². The number of hydrogen-bond donors (Lipinski definition) is 2. The predicted octanol–water partition coefficient (Wildman–Crippen LogP) is 1.10. The maximum atomic E-state index is 8.94. The molecule has 0 atom stereocenters. The Hall–Kier alpha value is -0.650. The molecule has 1 rings (SSSR count). The van der Waals surface area contributed by atoms with E-state index in [1.165, 1.54) is 0 Å². The first-order chi connectivity index (χ1) is 5.72. The second kappa shape index (κ2) is 7.02. The lowest BCUT2D eigenvalue weighted by Gasteiger charge is -1.88. The number of hydrogen-bond acceptors (Lipinski definition) is 3. The van der Waals surface area contributed by atoms with Crippen molar-refractivity contribution in [3.05, 3.63) is 28.0 Å². The summed E-state index contributed by atoms with van der Waals surface area (Å²) in [6.45, 7) is 0. The molecule has 0 saturated carbocycles. The smallest absolute Gasteiger partial charge is 0.221 e. The molecule has 0 bridgehead atoms. The first-order valence-electron chi connectivity index (χ1n) is 2.88. The summed E-state index contributed by atoms with van der Waals surface area (Å²) in [5.41, 5.74) is 1.75. The van der Waals surface area contributed by atoms with Crippen LogP contribution in [-0.2, 0) is 4.79 Å². The molecule has 1 amide bonds. The Bertz CT molecular complexity index is 225. The van der Waals surface area contributed by atoms with Gasteiger partial charge < -0.3 is 0 Å². The average Bonchev–Trinajstić information content (AvgIpc) is 2.11. The van der Waals surface area contributed by atoms with Crippen LogP contribution < -0.4 is 11.3 Å². The molecule has 6 heteroatoms. The summed E-state index contributed by atoms with van der Waals surface area (Å²) in [6, 6.07) is 3.66. The number of pyridine rings is 1. The third kappa shape index (κ3) is 5.06. The molecule has 0 fully saturated rings. The van der Waals surface area contributed by atoms with E-state index in [9.17, 15) is 0 Å². The summed E-state index contributed by atoms with van der Waals surface area (Å²) >= 11 is 8.75. The lowest BCUT2D eigenvalue weighted by Crippen LogP contribution is -2.18. The molecule has 66 valence electrons. The van der Waals surface area contributed by atoms with Crippen LogP contribution in [0, 0.1) is 0 Å². The SMILES string of the molecule is Clc1ncccc1Br.NNC=O. The zero-order chi connectivity index (χ0) is 9.40. The highest BCUT2D eigenvalue weighted by atomic mass is 79.9. The van der Waals surface area contributed by atoms with Crippen LogP contribution in [0.15, 0.2) is 22.8 Å². The van der Waals surface area contributed by atoms with E-state index in [0.29, 0.717) is 11.6 Å². The number of carbonyl (C=O) groups excluding carboxylic acids is 1. The minimum absolute atomic E-state index is 0.403. The Morgan fingerprint density at radius 2 is 2.33 bits per heavy atom. The van der Waals surface area contributed by atoms with Crippen LogP contribution in [0.25, 0.3) is 0 Å². The van der Waals surface area contributed by atoms with E-state index < -0.39 is 0 Å². The molecule has 0 unspecified atom stereocenters. The van der Waals surface area contributed by atoms with Gasteiger partial charge in [-0.25, -0.2) is 10.8 Å². The molecule has 0 aliphatic rings. The van der Waals surface area contributed by atoms with Crippen LogP contribution in [0.5, 0.6) is 0 Å². The molecule has 0 saturated heterocycles. The Morgan fingerprint density at radius 3 is 2.58 bits per heavy atom. The van der Waals surface area contributed by atoms with Gasteiger partial charge in [-0.3, -0.25) is 10.2 Å². The largest absolute Gasteiger partial charge is 0.297 e. The summed E-state index contributed by atoms with van der Waals surface area (Å²) in [6.07, 6.45) is 2.05. The van der Waals surface area contributed by atoms with E-state index in [-0.39, 0.29) is 0 Å². The monoisotopic (exact) mass is 251 g/mol. The van der Waals surface area contributed by atoms with Crippen LogP contribution in [0.2, 0.25) is 5.15 Å². The standard InChI is InChI=1S/C5H3BrClN.CH4N2O/c6-4-2-1-3-8-5(4)7;2-3-1-4/h1-3H;1H,2H2,(H,3,4). The lowest BCUT2D eigenvalue weighted by atomic mass is 10.5. The second-order valence-electron chi connectivity index (χ2n) is 1.56. The highest BCUT2D eigenvalue weighted by molar-refractivity contribution is 9.10. The van der Waals surface area contributed by atoms with E-state index in [1.54, 1.807) is 11.6 Å². The van der Waals surface area contributed by atoms with Gasteiger partial charge in [0.1, 0.15) is 5.15 Å². The maximum Gasteiger partial charge on any atom is 0.221 e. The summed E-state index contributed by atoms with van der Waals surface area (Å²) in [5.74, 6) is 4.41. The van der Waals surface area contributed by atoms with Gasteiger partial charge in [0.25, 0.3) is 0 Å². The Morgan fingerprint density at radius 1 is 1.75 bits per heavy atom. The number of amides is 1. The van der Waals surface area contributed by atoms with Crippen molar-refractivity contribution < 1.29 is 4.79 Å². The van der Waals surface area contributed by atoms with Gasteiger partial charge in [0.05, 0.1) is 4.47 Å². The first-order valence-corrected chi connectivity index (χ1v) is 4.05. The Kier molecular flexibility index (Phi) is 6.64. The van der Waals surface area contributed by atoms with E-state index in [0.717, 1.165) is 4.47 Å². The zero-order valence-electron chi connectivity index (χ0n) is 6.00. The number of aromatic nitrogens is 1. The summed E-state index contributed by atoms with van der Waals surface area (Å²) < 4.78 is 0.835. The predicted molar refractivity (Wildman–Crippen MR) is 50.3 cm³/mol. The van der Waals surface area contributed by atoms with Crippen LogP contribution in [-0.4, -0.2) is 11.4 Å². The molecular formula is C6H7BrClN3O. The molecular weight excluding hydrogens is 245 g/mol. The molecule has 3 N–H and O–H groups in total. The molecule has 1 heterocycles. The first kappa shape index (κ1) is 11.4. The van der Waals surface area contributed by atoms with Gasteiger partial charge in [0.2, 0.25) is 6.41 Å². The highest BCUT2D eigenvalue weighted by Gasteiger charge is 1.90. The minimum Gasteiger partial charge on any atom is -0.297 e. The van der Waals surface area contributed by atoms with Crippen molar-refractivity contribution in [3.63, 3.8) is 0 Å². The van der Waals surface area contributed by atoms with E-state index in [2.05, 4.69) is 26.8 Å². The topological polar surface area (TPSA) is 68.0 Å². The molecule has 0 spiro atoms. The summed E-state index contributed by atoms with van der Waals surface area (Å²) in [7, 11) is 0. The van der Waals surface area contributed by atoms with Gasteiger partial charge in [-0.05, 0) is 28.1 Å². The number of nitrogens with two attached hydrogens (primary N) is 1. The molecule has 4 nitrogen and oxygen atoms in total. The number of nitrogens with zero attached hydrogens (tertiary/aromatic N) is 1. The number of halogens is 2. The lowest BCUT2D eigenvalue weighted by molar-refractivity contribution is -0.109. The molecule has 0 radical (unpaired) electrons. The molecule has 0 aliphatic carbocycles. The quantitative estimate of drug-likeness (QED) is 0.259. The van der Waals surface area contributed by atoms with Crippen LogP contribution >= 0.6 is 27.5 Å².